The first-order valence-corrected chi connectivity index (χ1v) is 9.33. The van der Waals surface area contributed by atoms with Crippen LogP contribution in [0.5, 0.6) is 5.75 Å². The number of nitrogens with two attached hydrogens (primary N) is 1. The number of fused-ring (bicyclic) bond motifs is 1. The van der Waals surface area contributed by atoms with Gasteiger partial charge in [0.1, 0.15) is 23.6 Å². The second-order valence-electron chi connectivity index (χ2n) is 7.95. The highest BCUT2D eigenvalue weighted by Gasteiger charge is 2.18. The molecule has 2 aromatic heterocycles. The predicted molar refractivity (Wildman–Crippen MR) is 109 cm³/mol. The molecule has 1 atom stereocenters. The molecule has 8 heteroatoms. The van der Waals surface area contributed by atoms with E-state index in [1.165, 1.54) is 28.5 Å². The van der Waals surface area contributed by atoms with E-state index < -0.39 is 5.91 Å². The summed E-state index contributed by atoms with van der Waals surface area (Å²) >= 11 is 0. The lowest BCUT2D eigenvalue weighted by atomic mass is 9.87. The maximum atomic E-state index is 12.6. The van der Waals surface area contributed by atoms with E-state index in [-0.39, 0.29) is 34.3 Å². The van der Waals surface area contributed by atoms with Crippen molar-refractivity contribution in [3.63, 3.8) is 0 Å². The van der Waals surface area contributed by atoms with Crippen LogP contribution in [0.15, 0.2) is 42.7 Å². The van der Waals surface area contributed by atoms with E-state index in [0.717, 1.165) is 5.75 Å². The number of nitrogens with one attached hydrogen (secondary N) is 1. The van der Waals surface area contributed by atoms with Crippen molar-refractivity contribution in [2.45, 2.75) is 39.2 Å². The second kappa shape index (κ2) is 7.90. The molecule has 2 heterocycles. The fraction of sp³-hybridized carbons (Fsp3) is 0.333. The van der Waals surface area contributed by atoms with Crippen molar-refractivity contribution >= 4 is 17.5 Å². The van der Waals surface area contributed by atoms with Crippen LogP contribution >= 0.6 is 0 Å². The van der Waals surface area contributed by atoms with Gasteiger partial charge in [-0.15, -0.1) is 0 Å². The maximum Gasteiger partial charge on any atom is 0.270 e. The summed E-state index contributed by atoms with van der Waals surface area (Å²) in [5.41, 5.74) is 7.27. The Bertz CT molecular complexity index is 1030. The van der Waals surface area contributed by atoms with Crippen LogP contribution in [0.4, 0.5) is 0 Å². The number of primary amides is 1. The lowest BCUT2D eigenvalue weighted by molar-refractivity contribution is 0.0917. The molecule has 3 rings (SSSR count). The maximum absolute atomic E-state index is 12.6. The van der Waals surface area contributed by atoms with Gasteiger partial charge in [0.2, 0.25) is 0 Å². The molecule has 3 N–H and O–H groups in total. The Morgan fingerprint density at radius 2 is 1.90 bits per heavy atom. The standard InChI is InChI=1S/C21H25N5O3/c1-13(12-29-15-7-5-14(6-8-15)21(2,3)4)25-20(28)17-9-10-23-19-16(18(22)27)11-24-26(17)19/h5-11,13H,12H2,1-4H3,(H2,22,27)(H,25,28)/t13-/m1/s1. The average molecular weight is 395 g/mol. The minimum absolute atomic E-state index is 0.0799. The lowest BCUT2D eigenvalue weighted by Crippen LogP contribution is -2.37. The van der Waals surface area contributed by atoms with Gasteiger partial charge in [0.05, 0.1) is 12.2 Å². The van der Waals surface area contributed by atoms with Gasteiger partial charge in [0.15, 0.2) is 5.65 Å². The van der Waals surface area contributed by atoms with Crippen molar-refractivity contribution in [1.82, 2.24) is 19.9 Å². The SMILES string of the molecule is C[C@H](COc1ccc(C(C)(C)C)cc1)NC(=O)c1ccnc2c(C(N)=O)cnn12. The Hall–Kier alpha value is -3.42. The first-order valence-electron chi connectivity index (χ1n) is 9.33. The van der Waals surface area contributed by atoms with E-state index in [0.29, 0.717) is 6.61 Å². The molecular formula is C21H25N5O3. The number of carbonyl (C=O) groups excluding carboxylic acids is 2. The summed E-state index contributed by atoms with van der Waals surface area (Å²) in [4.78, 5) is 28.2. The molecule has 152 valence electrons. The number of aromatic nitrogens is 3. The minimum atomic E-state index is -0.649. The van der Waals surface area contributed by atoms with Crippen molar-refractivity contribution in [1.29, 1.82) is 0 Å². The van der Waals surface area contributed by atoms with E-state index >= 15 is 0 Å². The normalized spacial score (nSPS) is 12.6. The third-order valence-electron chi connectivity index (χ3n) is 4.50. The predicted octanol–water partition coefficient (Wildman–Crippen LogP) is 2.32. The molecular weight excluding hydrogens is 370 g/mol. The first kappa shape index (κ1) is 20.3. The molecule has 0 bridgehead atoms. The van der Waals surface area contributed by atoms with Crippen LogP contribution in [0.25, 0.3) is 5.65 Å². The van der Waals surface area contributed by atoms with Crippen molar-refractivity contribution in [2.24, 2.45) is 5.73 Å². The highest BCUT2D eigenvalue weighted by molar-refractivity contribution is 5.99. The second-order valence-corrected chi connectivity index (χ2v) is 7.95. The van der Waals surface area contributed by atoms with E-state index in [1.54, 1.807) is 0 Å². The molecule has 0 spiro atoms. The summed E-state index contributed by atoms with van der Waals surface area (Å²) in [5.74, 6) is -0.261. The number of nitrogens with zero attached hydrogens (tertiary/aromatic N) is 3. The molecule has 8 nitrogen and oxygen atoms in total. The number of amides is 2. The monoisotopic (exact) mass is 395 g/mol. The van der Waals surface area contributed by atoms with Gasteiger partial charge in [0.25, 0.3) is 11.8 Å². The van der Waals surface area contributed by atoms with Crippen LogP contribution in [0.1, 0.15) is 54.1 Å². The van der Waals surface area contributed by atoms with E-state index in [4.69, 9.17) is 10.5 Å². The summed E-state index contributed by atoms with van der Waals surface area (Å²) in [5, 5.41) is 6.91. The summed E-state index contributed by atoms with van der Waals surface area (Å²) in [7, 11) is 0. The zero-order chi connectivity index (χ0) is 21.2. The number of hydrogen-bond acceptors (Lipinski definition) is 5. The Morgan fingerprint density at radius 3 is 2.52 bits per heavy atom. The zero-order valence-electron chi connectivity index (χ0n) is 17.0. The number of hydrogen-bond donors (Lipinski definition) is 2. The van der Waals surface area contributed by atoms with Gasteiger partial charge in [0, 0.05) is 6.20 Å². The van der Waals surface area contributed by atoms with E-state index in [1.807, 2.05) is 31.2 Å². The summed E-state index contributed by atoms with van der Waals surface area (Å²) < 4.78 is 7.08. The minimum Gasteiger partial charge on any atom is -0.491 e. The van der Waals surface area contributed by atoms with Crippen molar-refractivity contribution in [2.75, 3.05) is 6.61 Å². The Morgan fingerprint density at radius 1 is 1.21 bits per heavy atom. The molecule has 0 aliphatic heterocycles. The third-order valence-corrected chi connectivity index (χ3v) is 4.50. The number of rotatable bonds is 6. The van der Waals surface area contributed by atoms with Crippen LogP contribution in [-0.4, -0.2) is 39.1 Å². The quantitative estimate of drug-likeness (QED) is 0.665. The van der Waals surface area contributed by atoms with Crippen LogP contribution < -0.4 is 15.8 Å². The summed E-state index contributed by atoms with van der Waals surface area (Å²) in [6.07, 6.45) is 2.74. The van der Waals surface area contributed by atoms with Crippen molar-refractivity contribution in [3.8, 4) is 5.75 Å². The van der Waals surface area contributed by atoms with Crippen molar-refractivity contribution in [3.05, 3.63) is 59.5 Å². The molecule has 0 unspecified atom stereocenters. The number of carbonyl (C=O) groups is 2. The van der Waals surface area contributed by atoms with Gasteiger partial charge in [-0.05, 0) is 36.1 Å². The third kappa shape index (κ3) is 4.53. The molecule has 0 aliphatic rings. The molecule has 0 radical (unpaired) electrons. The Kier molecular flexibility index (Phi) is 5.54. The largest absolute Gasteiger partial charge is 0.491 e. The van der Waals surface area contributed by atoms with Crippen LogP contribution in [0.2, 0.25) is 0 Å². The first-order chi connectivity index (χ1) is 13.7. The zero-order valence-corrected chi connectivity index (χ0v) is 17.0. The smallest absolute Gasteiger partial charge is 0.270 e. The van der Waals surface area contributed by atoms with Crippen LogP contribution in [0, 0.1) is 0 Å². The number of benzene rings is 1. The van der Waals surface area contributed by atoms with E-state index in [9.17, 15) is 9.59 Å². The fourth-order valence-electron chi connectivity index (χ4n) is 2.85. The molecule has 3 aromatic rings. The molecule has 0 aliphatic carbocycles. The molecule has 0 saturated carbocycles. The van der Waals surface area contributed by atoms with Gasteiger partial charge in [-0.1, -0.05) is 32.9 Å². The van der Waals surface area contributed by atoms with Gasteiger partial charge < -0.3 is 15.8 Å². The molecule has 0 saturated heterocycles. The van der Waals surface area contributed by atoms with Crippen LogP contribution in [0.3, 0.4) is 0 Å². The summed E-state index contributed by atoms with van der Waals surface area (Å²) in [6, 6.07) is 9.21. The van der Waals surface area contributed by atoms with Crippen molar-refractivity contribution < 1.29 is 14.3 Å². The van der Waals surface area contributed by atoms with Gasteiger partial charge in [-0.3, -0.25) is 9.59 Å². The molecule has 1 aromatic carbocycles. The van der Waals surface area contributed by atoms with Gasteiger partial charge >= 0.3 is 0 Å². The molecule has 0 fully saturated rings. The van der Waals surface area contributed by atoms with Gasteiger partial charge in [-0.2, -0.15) is 5.10 Å². The molecule has 2 amide bonds. The highest BCUT2D eigenvalue weighted by Crippen LogP contribution is 2.24. The van der Waals surface area contributed by atoms with Gasteiger partial charge in [-0.25, -0.2) is 9.50 Å². The Labute approximate surface area is 169 Å². The number of ether oxygens (including phenoxy) is 1. The Balaban J connectivity index is 1.64. The molecule has 29 heavy (non-hydrogen) atoms. The lowest BCUT2D eigenvalue weighted by Gasteiger charge is -2.20. The average Bonchev–Trinajstić information content (AvgIpc) is 3.10. The topological polar surface area (TPSA) is 112 Å². The fourth-order valence-corrected chi connectivity index (χ4v) is 2.85. The summed E-state index contributed by atoms with van der Waals surface area (Å²) in [6.45, 7) is 8.62. The van der Waals surface area contributed by atoms with E-state index in [2.05, 4.69) is 36.2 Å². The highest BCUT2D eigenvalue weighted by atomic mass is 16.5. The van der Waals surface area contributed by atoms with Crippen LogP contribution in [-0.2, 0) is 5.41 Å².